The van der Waals surface area contributed by atoms with E-state index in [1.165, 1.54) is 25.0 Å². The van der Waals surface area contributed by atoms with Crippen LogP contribution in [0.1, 0.15) is 29.6 Å². The molecular formula is C12H14FNO. The number of carbonyl (C=O) groups excluding carboxylic acids is 1. The lowest BCUT2D eigenvalue weighted by molar-refractivity contribution is 0.0948. The van der Waals surface area contributed by atoms with Crippen molar-refractivity contribution < 1.29 is 9.18 Å². The second kappa shape index (κ2) is 4.43. The Labute approximate surface area is 88.5 Å². The van der Waals surface area contributed by atoms with Crippen LogP contribution in [0, 0.1) is 11.7 Å². The van der Waals surface area contributed by atoms with E-state index in [1.54, 1.807) is 12.1 Å². The zero-order chi connectivity index (χ0) is 10.7. The fourth-order valence-corrected chi connectivity index (χ4v) is 1.54. The maximum atomic E-state index is 13.2. The quantitative estimate of drug-likeness (QED) is 0.806. The van der Waals surface area contributed by atoms with Crippen molar-refractivity contribution in [3.8, 4) is 0 Å². The Morgan fingerprint density at radius 2 is 2.13 bits per heavy atom. The highest BCUT2D eigenvalue weighted by Crippen LogP contribution is 2.31. The van der Waals surface area contributed by atoms with Gasteiger partial charge in [-0.3, -0.25) is 4.79 Å². The zero-order valence-corrected chi connectivity index (χ0v) is 8.50. The molecule has 1 N–H and O–H groups in total. The zero-order valence-electron chi connectivity index (χ0n) is 8.50. The van der Waals surface area contributed by atoms with E-state index in [9.17, 15) is 9.18 Å². The molecule has 1 aliphatic carbocycles. The summed E-state index contributed by atoms with van der Waals surface area (Å²) in [5.74, 6) is 0.0149. The van der Waals surface area contributed by atoms with Gasteiger partial charge >= 0.3 is 0 Å². The first-order chi connectivity index (χ1) is 7.27. The van der Waals surface area contributed by atoms with E-state index in [4.69, 9.17) is 0 Å². The summed E-state index contributed by atoms with van der Waals surface area (Å²) < 4.78 is 13.2. The van der Waals surface area contributed by atoms with Gasteiger partial charge in [-0.2, -0.15) is 0 Å². The van der Waals surface area contributed by atoms with E-state index in [-0.39, 0.29) is 11.5 Å². The Bertz CT molecular complexity index is 360. The van der Waals surface area contributed by atoms with Gasteiger partial charge in [0.05, 0.1) is 5.56 Å². The van der Waals surface area contributed by atoms with E-state index in [2.05, 4.69) is 5.32 Å². The van der Waals surface area contributed by atoms with Crippen LogP contribution in [0.2, 0.25) is 0 Å². The molecule has 2 rings (SSSR count). The SMILES string of the molecule is O=C(NCCC1CC1)c1ccccc1F. The number of benzene rings is 1. The van der Waals surface area contributed by atoms with Crippen LogP contribution in [-0.2, 0) is 0 Å². The van der Waals surface area contributed by atoms with Crippen LogP contribution in [0.5, 0.6) is 0 Å². The molecule has 0 unspecified atom stereocenters. The van der Waals surface area contributed by atoms with Crippen molar-refractivity contribution in [2.45, 2.75) is 19.3 Å². The average Bonchev–Trinajstić information content (AvgIpc) is 3.02. The monoisotopic (exact) mass is 207 g/mol. The molecule has 1 aliphatic rings. The molecule has 2 nitrogen and oxygen atoms in total. The van der Waals surface area contributed by atoms with Gasteiger partial charge in [-0.15, -0.1) is 0 Å². The fraction of sp³-hybridized carbons (Fsp3) is 0.417. The number of hydrogen-bond acceptors (Lipinski definition) is 1. The van der Waals surface area contributed by atoms with Crippen LogP contribution in [0.25, 0.3) is 0 Å². The molecule has 1 aromatic rings. The minimum Gasteiger partial charge on any atom is -0.352 e. The second-order valence-corrected chi connectivity index (χ2v) is 3.97. The van der Waals surface area contributed by atoms with Gasteiger partial charge in [0.25, 0.3) is 5.91 Å². The summed E-state index contributed by atoms with van der Waals surface area (Å²) in [6.45, 7) is 0.651. The Hall–Kier alpha value is -1.38. The van der Waals surface area contributed by atoms with Crippen molar-refractivity contribution in [2.75, 3.05) is 6.54 Å². The predicted molar refractivity (Wildman–Crippen MR) is 56.1 cm³/mol. The molecule has 15 heavy (non-hydrogen) atoms. The molecule has 0 bridgehead atoms. The molecule has 0 atom stereocenters. The number of hydrogen-bond donors (Lipinski definition) is 1. The number of amides is 1. The molecule has 0 heterocycles. The molecule has 1 fully saturated rings. The Morgan fingerprint density at radius 3 is 2.80 bits per heavy atom. The van der Waals surface area contributed by atoms with E-state index in [1.807, 2.05) is 0 Å². The normalized spacial score (nSPS) is 15.0. The molecule has 0 aliphatic heterocycles. The lowest BCUT2D eigenvalue weighted by Gasteiger charge is -2.04. The number of halogens is 1. The fourth-order valence-electron chi connectivity index (χ4n) is 1.54. The molecule has 1 amide bonds. The van der Waals surface area contributed by atoms with Crippen molar-refractivity contribution in [2.24, 2.45) is 5.92 Å². The summed E-state index contributed by atoms with van der Waals surface area (Å²) in [4.78, 5) is 11.5. The second-order valence-electron chi connectivity index (χ2n) is 3.97. The molecule has 0 radical (unpaired) electrons. The smallest absolute Gasteiger partial charge is 0.254 e. The summed E-state index contributed by atoms with van der Waals surface area (Å²) in [7, 11) is 0. The maximum Gasteiger partial charge on any atom is 0.254 e. The standard InChI is InChI=1S/C12H14FNO/c13-11-4-2-1-3-10(11)12(15)14-8-7-9-5-6-9/h1-4,9H,5-8H2,(H,14,15). The number of rotatable bonds is 4. The van der Waals surface area contributed by atoms with Gasteiger partial charge in [0.1, 0.15) is 5.82 Å². The predicted octanol–water partition coefficient (Wildman–Crippen LogP) is 2.36. The van der Waals surface area contributed by atoms with Gasteiger partial charge in [0.2, 0.25) is 0 Å². The highest BCUT2D eigenvalue weighted by atomic mass is 19.1. The van der Waals surface area contributed by atoms with Gasteiger partial charge in [-0.25, -0.2) is 4.39 Å². The highest BCUT2D eigenvalue weighted by molar-refractivity contribution is 5.94. The van der Waals surface area contributed by atoms with Crippen molar-refractivity contribution >= 4 is 5.91 Å². The largest absolute Gasteiger partial charge is 0.352 e. The van der Waals surface area contributed by atoms with E-state index < -0.39 is 5.82 Å². The molecule has 1 saturated carbocycles. The third-order valence-electron chi connectivity index (χ3n) is 2.65. The van der Waals surface area contributed by atoms with Crippen LogP contribution in [-0.4, -0.2) is 12.5 Å². The summed E-state index contributed by atoms with van der Waals surface area (Å²) in [6, 6.07) is 6.05. The minimum absolute atomic E-state index is 0.133. The van der Waals surface area contributed by atoms with Crippen LogP contribution in [0.15, 0.2) is 24.3 Å². The minimum atomic E-state index is -0.457. The Kier molecular flexibility index (Phi) is 2.99. The first-order valence-corrected chi connectivity index (χ1v) is 5.30. The molecule has 1 aromatic carbocycles. The Morgan fingerprint density at radius 1 is 1.40 bits per heavy atom. The van der Waals surface area contributed by atoms with Gasteiger partial charge < -0.3 is 5.32 Å². The van der Waals surface area contributed by atoms with E-state index >= 15 is 0 Å². The molecule has 0 spiro atoms. The van der Waals surface area contributed by atoms with Crippen molar-refractivity contribution in [3.63, 3.8) is 0 Å². The van der Waals surface area contributed by atoms with Gasteiger partial charge in [-0.1, -0.05) is 25.0 Å². The third kappa shape index (κ3) is 2.78. The summed E-state index contributed by atoms with van der Waals surface area (Å²) in [5, 5.41) is 2.73. The molecule has 0 saturated heterocycles. The van der Waals surface area contributed by atoms with Gasteiger partial charge in [0, 0.05) is 6.54 Å². The molecule has 0 aromatic heterocycles. The lowest BCUT2D eigenvalue weighted by atomic mass is 10.2. The van der Waals surface area contributed by atoms with Crippen LogP contribution >= 0.6 is 0 Å². The number of nitrogens with one attached hydrogen (secondary N) is 1. The molecular weight excluding hydrogens is 193 g/mol. The van der Waals surface area contributed by atoms with Crippen molar-refractivity contribution in [1.29, 1.82) is 0 Å². The Balaban J connectivity index is 1.86. The average molecular weight is 207 g/mol. The first kappa shape index (κ1) is 10.1. The van der Waals surface area contributed by atoms with Crippen LogP contribution in [0.4, 0.5) is 4.39 Å². The lowest BCUT2D eigenvalue weighted by Crippen LogP contribution is -2.25. The summed E-state index contributed by atoms with van der Waals surface area (Å²) >= 11 is 0. The number of carbonyl (C=O) groups is 1. The van der Waals surface area contributed by atoms with Crippen molar-refractivity contribution in [3.05, 3.63) is 35.6 Å². The molecule has 3 heteroatoms. The summed E-state index contributed by atoms with van der Waals surface area (Å²) in [5.41, 5.74) is 0.133. The highest BCUT2D eigenvalue weighted by Gasteiger charge is 2.20. The van der Waals surface area contributed by atoms with Crippen LogP contribution in [0.3, 0.4) is 0 Å². The van der Waals surface area contributed by atoms with Gasteiger partial charge in [0.15, 0.2) is 0 Å². The van der Waals surface area contributed by atoms with E-state index in [0.717, 1.165) is 12.3 Å². The van der Waals surface area contributed by atoms with Crippen LogP contribution < -0.4 is 5.32 Å². The van der Waals surface area contributed by atoms with Crippen molar-refractivity contribution in [1.82, 2.24) is 5.32 Å². The maximum absolute atomic E-state index is 13.2. The van der Waals surface area contributed by atoms with Gasteiger partial charge in [-0.05, 0) is 24.5 Å². The first-order valence-electron chi connectivity index (χ1n) is 5.30. The third-order valence-corrected chi connectivity index (χ3v) is 2.65. The topological polar surface area (TPSA) is 29.1 Å². The van der Waals surface area contributed by atoms with E-state index in [0.29, 0.717) is 6.54 Å². The summed E-state index contributed by atoms with van der Waals surface area (Å²) in [6.07, 6.45) is 3.56. The molecule has 80 valence electrons.